The first-order valence-electron chi connectivity index (χ1n) is 13.1. The summed E-state index contributed by atoms with van der Waals surface area (Å²) in [5.41, 5.74) is 0. The van der Waals surface area contributed by atoms with E-state index in [2.05, 4.69) is 13.8 Å². The maximum Gasteiger partial charge on any atom is 0.237 e. The summed E-state index contributed by atoms with van der Waals surface area (Å²) in [7, 11) is 0. The van der Waals surface area contributed by atoms with Gasteiger partial charge in [-0.05, 0) is 12.8 Å². The van der Waals surface area contributed by atoms with Crippen LogP contribution in [0.15, 0.2) is 0 Å². The number of rotatable bonds is 23. The maximum absolute atomic E-state index is 12.1. The Morgan fingerprint density at radius 2 is 0.793 bits per heavy atom. The summed E-state index contributed by atoms with van der Waals surface area (Å²) < 4.78 is 0. The molecule has 3 heteroatoms. The molecule has 0 N–H and O–H groups in total. The number of alkyl halides is 1. The van der Waals surface area contributed by atoms with E-state index >= 15 is 0 Å². The number of hydrogen-bond donors (Lipinski definition) is 0. The predicted octanol–water partition coefficient (Wildman–Crippen LogP) is 8.90. The summed E-state index contributed by atoms with van der Waals surface area (Å²) in [6.07, 6.45) is 26.7. The molecule has 0 aromatic carbocycles. The molecule has 0 unspecified atom stereocenters. The quantitative estimate of drug-likeness (QED) is 0.117. The highest BCUT2D eigenvalue weighted by atomic mass is 35.5. The highest BCUT2D eigenvalue weighted by molar-refractivity contribution is 6.27. The van der Waals surface area contributed by atoms with Crippen molar-refractivity contribution in [1.82, 2.24) is 4.90 Å². The summed E-state index contributed by atoms with van der Waals surface area (Å²) in [6.45, 7) is 6.35. The van der Waals surface area contributed by atoms with E-state index < -0.39 is 0 Å². The van der Waals surface area contributed by atoms with Crippen LogP contribution in [0.3, 0.4) is 0 Å². The largest absolute Gasteiger partial charge is 0.342 e. The van der Waals surface area contributed by atoms with Crippen molar-refractivity contribution in [3.05, 3.63) is 0 Å². The molecule has 0 aromatic rings. The van der Waals surface area contributed by atoms with Gasteiger partial charge >= 0.3 is 0 Å². The molecule has 0 rings (SSSR count). The van der Waals surface area contributed by atoms with E-state index in [0.717, 1.165) is 25.9 Å². The Kier molecular flexibility index (Phi) is 23.8. The highest BCUT2D eigenvalue weighted by Crippen LogP contribution is 2.13. The Morgan fingerprint density at radius 3 is 1.07 bits per heavy atom. The summed E-state index contributed by atoms with van der Waals surface area (Å²) in [5, 5.41) is 0. The van der Waals surface area contributed by atoms with Gasteiger partial charge in [0.05, 0.1) is 0 Å². The minimum atomic E-state index is 0.124. The topological polar surface area (TPSA) is 20.3 Å². The SMILES string of the molecule is CCCCCCCCCCCCN(CCCCCCCCCCCC)C(=O)CCl. The van der Waals surface area contributed by atoms with E-state index in [4.69, 9.17) is 11.6 Å². The Labute approximate surface area is 188 Å². The van der Waals surface area contributed by atoms with Crippen molar-refractivity contribution in [2.24, 2.45) is 0 Å². The molecule has 0 heterocycles. The van der Waals surface area contributed by atoms with Crippen molar-refractivity contribution in [2.45, 2.75) is 142 Å². The molecule has 0 aromatic heterocycles. The van der Waals surface area contributed by atoms with Gasteiger partial charge in [-0.2, -0.15) is 0 Å². The van der Waals surface area contributed by atoms with E-state index in [1.54, 1.807) is 0 Å². The molecule has 0 fully saturated rings. The number of amides is 1. The summed E-state index contributed by atoms with van der Waals surface area (Å²) in [4.78, 5) is 14.1. The standard InChI is InChI=1S/C26H52ClNO/c1-3-5-7-9-11-13-15-17-19-21-23-28(26(29)25-27)24-22-20-18-16-14-12-10-8-6-4-2/h3-25H2,1-2H3. The minimum Gasteiger partial charge on any atom is -0.342 e. The molecule has 174 valence electrons. The molecular formula is C26H52ClNO. The maximum atomic E-state index is 12.1. The van der Waals surface area contributed by atoms with Crippen molar-refractivity contribution in [3.63, 3.8) is 0 Å². The zero-order chi connectivity index (χ0) is 21.4. The third-order valence-electron chi connectivity index (χ3n) is 6.03. The predicted molar refractivity (Wildman–Crippen MR) is 131 cm³/mol. The molecule has 0 spiro atoms. The second-order valence-electron chi connectivity index (χ2n) is 8.88. The summed E-state index contributed by atoms with van der Waals surface area (Å²) in [5.74, 6) is 0.258. The lowest BCUT2D eigenvalue weighted by molar-refractivity contribution is -0.128. The first kappa shape index (κ1) is 28.8. The van der Waals surface area contributed by atoms with Crippen LogP contribution in [0.1, 0.15) is 142 Å². The molecule has 0 aliphatic rings. The van der Waals surface area contributed by atoms with Gasteiger partial charge < -0.3 is 4.90 Å². The lowest BCUT2D eigenvalue weighted by atomic mass is 10.1. The average molecular weight is 430 g/mol. The normalized spacial score (nSPS) is 11.1. The van der Waals surface area contributed by atoms with Crippen LogP contribution in [0.25, 0.3) is 0 Å². The van der Waals surface area contributed by atoms with E-state index in [0.29, 0.717) is 0 Å². The van der Waals surface area contributed by atoms with E-state index in [1.807, 2.05) is 4.90 Å². The zero-order valence-electron chi connectivity index (χ0n) is 20.0. The Hall–Kier alpha value is -0.240. The van der Waals surface area contributed by atoms with Gasteiger partial charge in [0.15, 0.2) is 0 Å². The van der Waals surface area contributed by atoms with E-state index in [1.165, 1.54) is 116 Å². The second-order valence-corrected chi connectivity index (χ2v) is 9.15. The number of carbonyl (C=O) groups excluding carboxylic acids is 1. The number of hydrogen-bond acceptors (Lipinski definition) is 1. The van der Waals surface area contributed by atoms with Crippen molar-refractivity contribution in [1.29, 1.82) is 0 Å². The molecule has 29 heavy (non-hydrogen) atoms. The van der Waals surface area contributed by atoms with Crippen LogP contribution in [0.5, 0.6) is 0 Å². The highest BCUT2D eigenvalue weighted by Gasteiger charge is 2.11. The lowest BCUT2D eigenvalue weighted by Crippen LogP contribution is -2.33. The van der Waals surface area contributed by atoms with Crippen LogP contribution >= 0.6 is 11.6 Å². The van der Waals surface area contributed by atoms with E-state index in [-0.39, 0.29) is 11.8 Å². The van der Waals surface area contributed by atoms with Crippen LogP contribution in [0.2, 0.25) is 0 Å². The lowest BCUT2D eigenvalue weighted by Gasteiger charge is -2.22. The van der Waals surface area contributed by atoms with Crippen molar-refractivity contribution in [3.8, 4) is 0 Å². The smallest absolute Gasteiger partial charge is 0.237 e. The minimum absolute atomic E-state index is 0.124. The summed E-state index contributed by atoms with van der Waals surface area (Å²) in [6, 6.07) is 0. The number of halogens is 1. The van der Waals surface area contributed by atoms with Gasteiger partial charge in [-0.1, -0.05) is 129 Å². The van der Waals surface area contributed by atoms with Gasteiger partial charge in [0.1, 0.15) is 5.88 Å². The molecule has 2 nitrogen and oxygen atoms in total. The molecule has 1 amide bonds. The van der Waals surface area contributed by atoms with Crippen LogP contribution in [0, 0.1) is 0 Å². The fourth-order valence-corrected chi connectivity index (χ4v) is 4.19. The van der Waals surface area contributed by atoms with Crippen LogP contribution in [-0.4, -0.2) is 29.8 Å². The number of unbranched alkanes of at least 4 members (excludes halogenated alkanes) is 18. The third kappa shape index (κ3) is 20.8. The van der Waals surface area contributed by atoms with Crippen molar-refractivity contribution in [2.75, 3.05) is 19.0 Å². The fourth-order valence-electron chi connectivity index (χ4n) is 4.03. The molecule has 0 saturated heterocycles. The first-order valence-corrected chi connectivity index (χ1v) is 13.6. The first-order chi connectivity index (χ1) is 14.3. The fraction of sp³-hybridized carbons (Fsp3) is 0.962. The average Bonchev–Trinajstić information content (AvgIpc) is 2.74. The molecule has 0 saturated carbocycles. The zero-order valence-corrected chi connectivity index (χ0v) is 20.8. The molecule has 0 aliphatic heterocycles. The molecule has 0 atom stereocenters. The van der Waals surface area contributed by atoms with Gasteiger partial charge in [-0.15, -0.1) is 11.6 Å². The third-order valence-corrected chi connectivity index (χ3v) is 6.26. The molecular weight excluding hydrogens is 378 g/mol. The second kappa shape index (κ2) is 24.0. The molecule has 0 bridgehead atoms. The van der Waals surface area contributed by atoms with Gasteiger partial charge in [0.2, 0.25) is 5.91 Å². The van der Waals surface area contributed by atoms with Gasteiger partial charge in [-0.25, -0.2) is 0 Å². The van der Waals surface area contributed by atoms with Crippen LogP contribution < -0.4 is 0 Å². The number of nitrogens with zero attached hydrogens (tertiary/aromatic N) is 1. The molecule has 0 aliphatic carbocycles. The monoisotopic (exact) mass is 429 g/mol. The van der Waals surface area contributed by atoms with Gasteiger partial charge in [-0.3, -0.25) is 4.79 Å². The van der Waals surface area contributed by atoms with Crippen molar-refractivity contribution < 1.29 is 4.79 Å². The Bertz CT molecular complexity index is 311. The van der Waals surface area contributed by atoms with Crippen LogP contribution in [-0.2, 0) is 4.79 Å². The number of carbonyl (C=O) groups is 1. The molecule has 0 radical (unpaired) electrons. The van der Waals surface area contributed by atoms with Gasteiger partial charge in [0, 0.05) is 13.1 Å². The summed E-state index contributed by atoms with van der Waals surface area (Å²) >= 11 is 5.82. The van der Waals surface area contributed by atoms with Gasteiger partial charge in [0.25, 0.3) is 0 Å². The Balaban J connectivity index is 3.59. The van der Waals surface area contributed by atoms with Crippen LogP contribution in [0.4, 0.5) is 0 Å². The van der Waals surface area contributed by atoms with E-state index in [9.17, 15) is 4.79 Å². The van der Waals surface area contributed by atoms with Crippen molar-refractivity contribution >= 4 is 17.5 Å². The Morgan fingerprint density at radius 1 is 0.517 bits per heavy atom.